The van der Waals surface area contributed by atoms with Crippen molar-refractivity contribution in [3.63, 3.8) is 0 Å². The smallest absolute Gasteiger partial charge is 0.166 e. The van der Waals surface area contributed by atoms with Crippen molar-refractivity contribution in [1.29, 1.82) is 5.26 Å². The molecule has 4 heterocycles. The van der Waals surface area contributed by atoms with Gasteiger partial charge in [-0.2, -0.15) is 15.5 Å². The first-order valence-corrected chi connectivity index (χ1v) is 10.6. The number of nitrogens with zero attached hydrogens (tertiary/aromatic N) is 6. The zero-order valence-electron chi connectivity index (χ0n) is 18.5. The molecular formula is C24H22FN7O. The van der Waals surface area contributed by atoms with E-state index in [9.17, 15) is 9.65 Å². The van der Waals surface area contributed by atoms with Crippen LogP contribution in [0.3, 0.4) is 0 Å². The zero-order chi connectivity index (χ0) is 23.3. The van der Waals surface area contributed by atoms with Crippen molar-refractivity contribution in [1.82, 2.24) is 24.5 Å². The Labute approximate surface area is 190 Å². The zero-order valence-corrected chi connectivity index (χ0v) is 18.5. The lowest BCUT2D eigenvalue weighted by atomic mass is 9.94. The standard InChI is InChI=1S/C24H22FN7O/c1-4-32-23-14-8-21(24(27)28-11-14)33-13(2)18-9-16(25)5-6-17(18)22-15(12-31(3)30-22)7-19(23)20(10-26)29-32/h5-6,8-9,11-13H,4,7H2,1-3H3,(H2,27,28). The third-order valence-corrected chi connectivity index (χ3v) is 5.89. The summed E-state index contributed by atoms with van der Waals surface area (Å²) in [4.78, 5) is 4.33. The highest BCUT2D eigenvalue weighted by Crippen LogP contribution is 2.39. The highest BCUT2D eigenvalue weighted by atomic mass is 19.1. The number of anilines is 1. The Bertz CT molecular complexity index is 1430. The van der Waals surface area contributed by atoms with Crippen LogP contribution in [0.1, 0.15) is 42.3 Å². The van der Waals surface area contributed by atoms with Crippen LogP contribution in [0.15, 0.2) is 36.7 Å². The Kier molecular flexibility index (Phi) is 4.86. The fourth-order valence-corrected chi connectivity index (χ4v) is 4.41. The molecule has 0 saturated carbocycles. The molecule has 0 fully saturated rings. The lowest BCUT2D eigenvalue weighted by Gasteiger charge is -2.21. The molecule has 1 unspecified atom stereocenters. The van der Waals surface area contributed by atoms with Gasteiger partial charge in [-0.15, -0.1) is 0 Å². The molecule has 1 aliphatic rings. The molecule has 1 aliphatic heterocycles. The van der Waals surface area contributed by atoms with Crippen LogP contribution in [0.5, 0.6) is 5.75 Å². The summed E-state index contributed by atoms with van der Waals surface area (Å²) in [6.45, 7) is 4.38. The second-order valence-corrected chi connectivity index (χ2v) is 8.06. The van der Waals surface area contributed by atoms with Crippen LogP contribution in [0, 0.1) is 17.1 Å². The molecule has 8 nitrogen and oxygen atoms in total. The molecule has 4 aromatic rings. The number of nitrogen functional groups attached to an aromatic ring is 1. The summed E-state index contributed by atoms with van der Waals surface area (Å²) in [6, 6.07) is 8.61. The Morgan fingerprint density at radius 2 is 2.12 bits per heavy atom. The van der Waals surface area contributed by atoms with Crippen molar-refractivity contribution >= 4 is 5.82 Å². The van der Waals surface area contributed by atoms with Gasteiger partial charge in [0.2, 0.25) is 0 Å². The topological polar surface area (TPSA) is 108 Å². The normalized spacial score (nSPS) is 14.7. The summed E-state index contributed by atoms with van der Waals surface area (Å²) in [5.41, 5.74) is 11.8. The lowest BCUT2D eigenvalue weighted by Crippen LogP contribution is -2.10. The maximum absolute atomic E-state index is 14.3. The monoisotopic (exact) mass is 443 g/mol. The molecule has 5 rings (SSSR count). The van der Waals surface area contributed by atoms with Crippen molar-refractivity contribution < 1.29 is 9.13 Å². The second kappa shape index (κ2) is 7.74. The van der Waals surface area contributed by atoms with E-state index in [-0.39, 0.29) is 11.6 Å². The number of pyridine rings is 1. The fraction of sp³-hybridized carbons (Fsp3) is 0.250. The molecule has 2 N–H and O–H groups in total. The Balaban J connectivity index is 1.86. The van der Waals surface area contributed by atoms with Gasteiger partial charge in [0.25, 0.3) is 0 Å². The fourth-order valence-electron chi connectivity index (χ4n) is 4.41. The van der Waals surface area contributed by atoms with Crippen LogP contribution in [0.25, 0.3) is 22.5 Å². The molecule has 0 aliphatic carbocycles. The molecule has 1 atom stereocenters. The number of ether oxygens (including phenoxy) is 1. The molecule has 0 spiro atoms. The third-order valence-electron chi connectivity index (χ3n) is 5.89. The molecule has 0 amide bonds. The van der Waals surface area contributed by atoms with Gasteiger partial charge in [0, 0.05) is 60.2 Å². The van der Waals surface area contributed by atoms with E-state index in [2.05, 4.69) is 21.3 Å². The summed E-state index contributed by atoms with van der Waals surface area (Å²) in [5.74, 6) is 0.237. The Morgan fingerprint density at radius 1 is 1.30 bits per heavy atom. The van der Waals surface area contributed by atoms with Crippen molar-refractivity contribution in [3.05, 3.63) is 64.9 Å². The molecule has 0 radical (unpaired) electrons. The van der Waals surface area contributed by atoms with E-state index in [0.717, 1.165) is 27.9 Å². The van der Waals surface area contributed by atoms with E-state index in [0.29, 0.717) is 35.7 Å². The predicted molar refractivity (Wildman–Crippen MR) is 121 cm³/mol. The minimum Gasteiger partial charge on any atom is -0.482 e. The van der Waals surface area contributed by atoms with E-state index < -0.39 is 6.10 Å². The van der Waals surface area contributed by atoms with Crippen molar-refractivity contribution in [2.45, 2.75) is 32.9 Å². The summed E-state index contributed by atoms with van der Waals surface area (Å²) < 4.78 is 24.0. The van der Waals surface area contributed by atoms with E-state index >= 15 is 0 Å². The van der Waals surface area contributed by atoms with E-state index in [4.69, 9.17) is 10.5 Å². The first-order chi connectivity index (χ1) is 15.9. The molecule has 3 aromatic heterocycles. The highest BCUT2D eigenvalue weighted by molar-refractivity contribution is 5.73. The molecule has 9 heteroatoms. The first kappa shape index (κ1) is 20.7. The maximum atomic E-state index is 14.3. The highest BCUT2D eigenvalue weighted by Gasteiger charge is 2.26. The van der Waals surface area contributed by atoms with Crippen LogP contribution < -0.4 is 10.5 Å². The SMILES string of the molecule is CCn1nc(C#N)c2c1-c1cnc(N)c(c1)OC(C)c1cc(F)ccc1-c1nn(C)cc1C2. The quantitative estimate of drug-likeness (QED) is 0.476. The number of hydrogen-bond acceptors (Lipinski definition) is 6. The van der Waals surface area contributed by atoms with Crippen LogP contribution in [-0.4, -0.2) is 24.5 Å². The molecular weight excluding hydrogens is 421 g/mol. The lowest BCUT2D eigenvalue weighted by molar-refractivity contribution is 0.227. The average Bonchev–Trinajstić information content (AvgIpc) is 3.34. The number of nitrogens with two attached hydrogens (primary N) is 1. The van der Waals surface area contributed by atoms with Gasteiger partial charge in [0.1, 0.15) is 18.0 Å². The number of aromatic nitrogens is 5. The van der Waals surface area contributed by atoms with Gasteiger partial charge in [0.15, 0.2) is 17.3 Å². The summed E-state index contributed by atoms with van der Waals surface area (Å²) in [7, 11) is 1.84. The van der Waals surface area contributed by atoms with Crippen LogP contribution >= 0.6 is 0 Å². The van der Waals surface area contributed by atoms with Gasteiger partial charge in [-0.3, -0.25) is 9.36 Å². The first-order valence-electron chi connectivity index (χ1n) is 10.6. The van der Waals surface area contributed by atoms with E-state index in [1.54, 1.807) is 27.7 Å². The summed E-state index contributed by atoms with van der Waals surface area (Å²) in [6.07, 6.45) is 3.48. The van der Waals surface area contributed by atoms with Gasteiger partial charge in [0.05, 0.1) is 11.4 Å². The third kappa shape index (κ3) is 3.40. The number of aryl methyl sites for hydroxylation is 2. The van der Waals surface area contributed by atoms with Gasteiger partial charge < -0.3 is 10.5 Å². The maximum Gasteiger partial charge on any atom is 0.166 e. The van der Waals surface area contributed by atoms with Gasteiger partial charge in [-0.05, 0) is 38.1 Å². The van der Waals surface area contributed by atoms with E-state index in [1.165, 1.54) is 12.1 Å². The van der Waals surface area contributed by atoms with Crippen molar-refractivity contribution in [3.8, 4) is 34.3 Å². The van der Waals surface area contributed by atoms with Crippen LogP contribution in [-0.2, 0) is 20.0 Å². The number of nitriles is 1. The van der Waals surface area contributed by atoms with E-state index in [1.807, 2.05) is 27.1 Å². The minimum atomic E-state index is -0.519. The average molecular weight is 443 g/mol. The van der Waals surface area contributed by atoms with Crippen molar-refractivity contribution in [2.75, 3.05) is 5.73 Å². The van der Waals surface area contributed by atoms with Crippen LogP contribution in [0.2, 0.25) is 0 Å². The van der Waals surface area contributed by atoms with Gasteiger partial charge in [-0.1, -0.05) is 0 Å². The summed E-state index contributed by atoms with van der Waals surface area (Å²) in [5, 5.41) is 19.0. The number of fused-ring (bicyclic) bond motifs is 7. The predicted octanol–water partition coefficient (Wildman–Crippen LogP) is 4.00. The largest absolute Gasteiger partial charge is 0.482 e. The Morgan fingerprint density at radius 3 is 2.88 bits per heavy atom. The molecule has 2 bridgehead atoms. The number of halogens is 1. The molecule has 33 heavy (non-hydrogen) atoms. The molecule has 1 aromatic carbocycles. The summed E-state index contributed by atoms with van der Waals surface area (Å²) >= 11 is 0. The number of benzene rings is 1. The van der Waals surface area contributed by atoms with Crippen LogP contribution in [0.4, 0.5) is 10.2 Å². The molecule has 0 saturated heterocycles. The number of hydrogen-bond donors (Lipinski definition) is 1. The van der Waals surface area contributed by atoms with Crippen molar-refractivity contribution in [2.24, 2.45) is 7.05 Å². The number of rotatable bonds is 1. The molecule has 166 valence electrons. The Hall–Kier alpha value is -4.19. The second-order valence-electron chi connectivity index (χ2n) is 8.06. The minimum absolute atomic E-state index is 0.226. The van der Waals surface area contributed by atoms with Gasteiger partial charge >= 0.3 is 0 Å². The van der Waals surface area contributed by atoms with Gasteiger partial charge in [-0.25, -0.2) is 9.37 Å².